The highest BCUT2D eigenvalue weighted by Gasteiger charge is 2.29. The van der Waals surface area contributed by atoms with E-state index in [-0.39, 0.29) is 5.54 Å². The third kappa shape index (κ3) is 2.63. The highest BCUT2D eigenvalue weighted by Crippen LogP contribution is 2.32. The Hall–Kier alpha value is -1.02. The lowest BCUT2D eigenvalue weighted by Gasteiger charge is -2.24. The molecule has 0 heterocycles. The van der Waals surface area contributed by atoms with Gasteiger partial charge in [0.2, 0.25) is 0 Å². The summed E-state index contributed by atoms with van der Waals surface area (Å²) in [4.78, 5) is 0. The van der Waals surface area contributed by atoms with Crippen LogP contribution in [0.3, 0.4) is 0 Å². The molecule has 1 aliphatic carbocycles. The van der Waals surface area contributed by atoms with Crippen LogP contribution in [-0.4, -0.2) is 12.6 Å². The molecule has 2 heteroatoms. The van der Waals surface area contributed by atoms with Crippen LogP contribution in [0.25, 0.3) is 0 Å². The molecule has 2 N–H and O–H groups in total. The Kier molecular flexibility index (Phi) is 3.43. The molecule has 2 nitrogen and oxygen atoms in total. The van der Waals surface area contributed by atoms with Crippen molar-refractivity contribution in [2.45, 2.75) is 51.5 Å². The van der Waals surface area contributed by atoms with E-state index in [1.807, 2.05) is 0 Å². The number of nitrogens with two attached hydrogens (primary N) is 1. The molecule has 1 aromatic rings. The molecule has 0 saturated heterocycles. The quantitative estimate of drug-likeness (QED) is 0.870. The summed E-state index contributed by atoms with van der Waals surface area (Å²) in [7, 11) is 1.73. The second kappa shape index (κ2) is 4.69. The van der Waals surface area contributed by atoms with Crippen LogP contribution >= 0.6 is 0 Å². The van der Waals surface area contributed by atoms with E-state index in [9.17, 15) is 0 Å². The molecule has 94 valence electrons. The number of hydrogen-bond acceptors (Lipinski definition) is 2. The van der Waals surface area contributed by atoms with Gasteiger partial charge in [-0.1, -0.05) is 25.0 Å². The fourth-order valence-electron chi connectivity index (χ4n) is 3.13. The Labute approximate surface area is 104 Å². The average Bonchev–Trinajstić information content (AvgIpc) is 2.64. The largest absolute Gasteiger partial charge is 0.496 e. The minimum atomic E-state index is 0.0352. The Balaban J connectivity index is 2.22. The second-order valence-corrected chi connectivity index (χ2v) is 5.51. The number of aryl methyl sites for hydroxylation is 2. The molecule has 0 unspecified atom stereocenters. The fourth-order valence-corrected chi connectivity index (χ4v) is 3.13. The zero-order chi connectivity index (χ0) is 12.5. The standard InChI is InChI=1S/C15H23NO/c1-11-8-13(9-12(2)14(11)17-3)10-15(16)6-4-5-7-15/h8-9H,4-7,10,16H2,1-3H3. The van der Waals surface area contributed by atoms with Gasteiger partial charge in [0.05, 0.1) is 7.11 Å². The molecule has 2 rings (SSSR count). The lowest BCUT2D eigenvalue weighted by molar-refractivity contribution is 0.407. The van der Waals surface area contributed by atoms with Crippen molar-refractivity contribution in [1.82, 2.24) is 0 Å². The van der Waals surface area contributed by atoms with Gasteiger partial charge in [0.25, 0.3) is 0 Å². The Morgan fingerprint density at radius 1 is 1.18 bits per heavy atom. The first-order chi connectivity index (χ1) is 8.04. The molecule has 0 bridgehead atoms. The molecule has 0 spiro atoms. The van der Waals surface area contributed by atoms with E-state index < -0.39 is 0 Å². The Bertz CT molecular complexity index is 382. The SMILES string of the molecule is COc1c(C)cc(CC2(N)CCCC2)cc1C. The maximum absolute atomic E-state index is 6.43. The first-order valence-electron chi connectivity index (χ1n) is 6.47. The van der Waals surface area contributed by atoms with Gasteiger partial charge < -0.3 is 10.5 Å². The van der Waals surface area contributed by atoms with Crippen LogP contribution in [0.15, 0.2) is 12.1 Å². The monoisotopic (exact) mass is 233 g/mol. The molecular formula is C15H23NO. The van der Waals surface area contributed by atoms with Gasteiger partial charge in [0, 0.05) is 5.54 Å². The van der Waals surface area contributed by atoms with Gasteiger partial charge in [-0.3, -0.25) is 0 Å². The molecule has 17 heavy (non-hydrogen) atoms. The summed E-state index contributed by atoms with van der Waals surface area (Å²) in [6, 6.07) is 4.44. The number of methoxy groups -OCH3 is 1. The van der Waals surface area contributed by atoms with Gasteiger partial charge in [-0.2, -0.15) is 0 Å². The summed E-state index contributed by atoms with van der Waals surface area (Å²) < 4.78 is 5.39. The molecule has 0 aliphatic heterocycles. The molecule has 0 radical (unpaired) electrons. The summed E-state index contributed by atoms with van der Waals surface area (Å²) in [6.07, 6.45) is 5.89. The topological polar surface area (TPSA) is 35.2 Å². The molecule has 0 aromatic heterocycles. The van der Waals surface area contributed by atoms with Crippen LogP contribution in [0, 0.1) is 13.8 Å². The predicted molar refractivity (Wildman–Crippen MR) is 71.6 cm³/mol. The molecule has 1 aromatic carbocycles. The summed E-state index contributed by atoms with van der Waals surface area (Å²) in [6.45, 7) is 4.21. The fraction of sp³-hybridized carbons (Fsp3) is 0.600. The van der Waals surface area contributed by atoms with Crippen molar-refractivity contribution in [2.24, 2.45) is 5.73 Å². The summed E-state index contributed by atoms with van der Waals surface area (Å²) in [5.74, 6) is 1.01. The molecule has 0 atom stereocenters. The summed E-state index contributed by atoms with van der Waals surface area (Å²) in [5, 5.41) is 0. The van der Waals surface area contributed by atoms with Crippen molar-refractivity contribution in [3.63, 3.8) is 0 Å². The van der Waals surface area contributed by atoms with E-state index in [1.54, 1.807) is 7.11 Å². The van der Waals surface area contributed by atoms with Crippen molar-refractivity contribution in [3.8, 4) is 5.75 Å². The normalized spacial score (nSPS) is 18.4. The number of hydrogen-bond donors (Lipinski definition) is 1. The van der Waals surface area contributed by atoms with Gasteiger partial charge in [-0.05, 0) is 49.8 Å². The lowest BCUT2D eigenvalue weighted by Crippen LogP contribution is -2.38. The van der Waals surface area contributed by atoms with Crippen LogP contribution in [0.4, 0.5) is 0 Å². The first-order valence-corrected chi connectivity index (χ1v) is 6.47. The van der Waals surface area contributed by atoms with Crippen molar-refractivity contribution in [1.29, 1.82) is 0 Å². The highest BCUT2D eigenvalue weighted by atomic mass is 16.5. The van der Waals surface area contributed by atoms with Gasteiger partial charge >= 0.3 is 0 Å². The zero-order valence-electron chi connectivity index (χ0n) is 11.2. The smallest absolute Gasteiger partial charge is 0.124 e. The van der Waals surface area contributed by atoms with Crippen LogP contribution in [0.5, 0.6) is 5.75 Å². The summed E-state index contributed by atoms with van der Waals surface area (Å²) in [5.41, 5.74) is 10.2. The minimum Gasteiger partial charge on any atom is -0.496 e. The zero-order valence-corrected chi connectivity index (χ0v) is 11.2. The second-order valence-electron chi connectivity index (χ2n) is 5.51. The Morgan fingerprint density at radius 2 is 1.71 bits per heavy atom. The van der Waals surface area contributed by atoms with E-state index in [0.717, 1.165) is 25.0 Å². The highest BCUT2D eigenvalue weighted by molar-refractivity contribution is 5.43. The van der Waals surface area contributed by atoms with Gasteiger partial charge in [0.1, 0.15) is 5.75 Å². The summed E-state index contributed by atoms with van der Waals surface area (Å²) >= 11 is 0. The van der Waals surface area contributed by atoms with Gasteiger partial charge in [0.15, 0.2) is 0 Å². The van der Waals surface area contributed by atoms with Crippen LogP contribution in [0.2, 0.25) is 0 Å². The maximum atomic E-state index is 6.43. The third-order valence-electron chi connectivity index (χ3n) is 3.88. The van der Waals surface area contributed by atoms with E-state index >= 15 is 0 Å². The van der Waals surface area contributed by atoms with Crippen molar-refractivity contribution < 1.29 is 4.74 Å². The van der Waals surface area contributed by atoms with E-state index in [1.165, 1.54) is 29.5 Å². The molecule has 1 fully saturated rings. The van der Waals surface area contributed by atoms with Crippen LogP contribution in [0.1, 0.15) is 42.4 Å². The average molecular weight is 233 g/mol. The van der Waals surface area contributed by atoms with Gasteiger partial charge in [-0.25, -0.2) is 0 Å². The number of rotatable bonds is 3. The maximum Gasteiger partial charge on any atom is 0.124 e. The van der Waals surface area contributed by atoms with E-state index in [0.29, 0.717) is 0 Å². The first kappa shape index (κ1) is 12.4. The molecule has 0 amide bonds. The van der Waals surface area contributed by atoms with Crippen molar-refractivity contribution in [3.05, 3.63) is 28.8 Å². The van der Waals surface area contributed by atoms with E-state index in [4.69, 9.17) is 10.5 Å². The van der Waals surface area contributed by atoms with Crippen molar-refractivity contribution in [2.75, 3.05) is 7.11 Å². The molecule has 1 aliphatic rings. The predicted octanol–water partition coefficient (Wildman–Crippen LogP) is 3.13. The minimum absolute atomic E-state index is 0.0352. The van der Waals surface area contributed by atoms with Crippen LogP contribution in [-0.2, 0) is 6.42 Å². The number of benzene rings is 1. The molecular weight excluding hydrogens is 210 g/mol. The van der Waals surface area contributed by atoms with Gasteiger partial charge in [-0.15, -0.1) is 0 Å². The van der Waals surface area contributed by atoms with Crippen molar-refractivity contribution >= 4 is 0 Å². The third-order valence-corrected chi connectivity index (χ3v) is 3.88. The molecule has 1 saturated carbocycles. The van der Waals surface area contributed by atoms with Crippen LogP contribution < -0.4 is 10.5 Å². The lowest BCUT2D eigenvalue weighted by atomic mass is 9.89. The van der Waals surface area contributed by atoms with E-state index in [2.05, 4.69) is 26.0 Å². The Morgan fingerprint density at radius 3 is 2.18 bits per heavy atom. The number of ether oxygens (including phenoxy) is 1.